The molecule has 40 heavy (non-hydrogen) atoms. The molecule has 0 amide bonds. The fraction of sp³-hybridized carbons (Fsp3) is 0.0556. The molecule has 0 bridgehead atoms. The Hall–Kier alpha value is -5.22. The zero-order valence-corrected chi connectivity index (χ0v) is 22.3. The minimum Gasteiger partial charge on any atom is -0.279 e. The van der Waals surface area contributed by atoms with E-state index in [1.807, 2.05) is 12.1 Å². The van der Waals surface area contributed by atoms with Crippen LogP contribution in [0.2, 0.25) is 0 Å². The minimum absolute atomic E-state index is 0.838. The third kappa shape index (κ3) is 3.39. The summed E-state index contributed by atoms with van der Waals surface area (Å²) >= 11 is 0. The second-order valence-electron chi connectivity index (χ2n) is 10.6. The first-order valence-electron chi connectivity index (χ1n) is 13.6. The Morgan fingerprint density at radius 1 is 0.575 bits per heavy atom. The minimum atomic E-state index is 0.838. The molecule has 0 fully saturated rings. The lowest BCUT2D eigenvalue weighted by atomic mass is 10.0. The van der Waals surface area contributed by atoms with Crippen LogP contribution in [0.25, 0.3) is 72.5 Å². The molecule has 0 saturated heterocycles. The van der Waals surface area contributed by atoms with Crippen LogP contribution in [0.4, 0.5) is 0 Å². The van der Waals surface area contributed by atoms with Crippen LogP contribution >= 0.6 is 0 Å². The summed E-state index contributed by atoms with van der Waals surface area (Å²) in [4.78, 5) is 10.4. The number of aromatic nitrogens is 4. The first kappa shape index (κ1) is 22.7. The summed E-state index contributed by atoms with van der Waals surface area (Å²) in [6.45, 7) is 4.25. The number of benzene rings is 5. The average Bonchev–Trinajstić information content (AvgIpc) is 3.53. The van der Waals surface area contributed by atoms with Crippen LogP contribution in [0.15, 0.2) is 121 Å². The van der Waals surface area contributed by atoms with Crippen molar-refractivity contribution in [1.82, 2.24) is 18.9 Å². The van der Waals surface area contributed by atoms with E-state index in [4.69, 9.17) is 9.97 Å². The molecule has 0 radical (unpaired) electrons. The molecule has 0 unspecified atom stereocenters. The van der Waals surface area contributed by atoms with Crippen molar-refractivity contribution in [2.45, 2.75) is 13.8 Å². The van der Waals surface area contributed by atoms with Crippen molar-refractivity contribution < 1.29 is 0 Å². The van der Waals surface area contributed by atoms with Crippen molar-refractivity contribution >= 4 is 55.5 Å². The second kappa shape index (κ2) is 8.65. The monoisotopic (exact) mass is 514 g/mol. The number of rotatable bonds is 3. The molecule has 190 valence electrons. The molecule has 8 aromatic rings. The normalized spacial score (nSPS) is 11.8. The van der Waals surface area contributed by atoms with Crippen LogP contribution in [0.1, 0.15) is 19.4 Å². The summed E-state index contributed by atoms with van der Waals surface area (Å²) in [6, 6.07) is 40.8. The molecule has 0 saturated carbocycles. The van der Waals surface area contributed by atoms with Crippen molar-refractivity contribution in [3.05, 3.63) is 126 Å². The molecule has 4 heteroatoms. The van der Waals surface area contributed by atoms with E-state index < -0.39 is 0 Å². The van der Waals surface area contributed by atoms with E-state index in [0.29, 0.717) is 0 Å². The predicted molar refractivity (Wildman–Crippen MR) is 167 cm³/mol. The summed E-state index contributed by atoms with van der Waals surface area (Å²) in [6.07, 6.45) is 2.21. The van der Waals surface area contributed by atoms with Crippen LogP contribution < -0.4 is 0 Å². The quantitative estimate of drug-likeness (QED) is 0.235. The molecule has 8 rings (SSSR count). The molecule has 0 spiro atoms. The van der Waals surface area contributed by atoms with Gasteiger partial charge >= 0.3 is 0 Å². The van der Waals surface area contributed by atoms with Crippen LogP contribution in [0, 0.1) is 0 Å². The zero-order chi connectivity index (χ0) is 26.8. The molecule has 0 aliphatic carbocycles. The van der Waals surface area contributed by atoms with E-state index in [-0.39, 0.29) is 0 Å². The first-order chi connectivity index (χ1) is 19.7. The van der Waals surface area contributed by atoms with Crippen molar-refractivity contribution in [3.8, 4) is 17.1 Å². The van der Waals surface area contributed by atoms with Gasteiger partial charge in [0.05, 0.1) is 27.6 Å². The third-order valence-electron chi connectivity index (χ3n) is 7.70. The smallest absolute Gasteiger partial charge is 0.221 e. The molecule has 3 heterocycles. The SMILES string of the molecule is CC(C)=Cc1ccc(-c2ccc3c4ccccc4n(-c4nc5ccccc5c5nc6ccccc6n45)c3c2)cc1. The van der Waals surface area contributed by atoms with Gasteiger partial charge in [-0.25, -0.2) is 9.97 Å². The van der Waals surface area contributed by atoms with Gasteiger partial charge < -0.3 is 0 Å². The van der Waals surface area contributed by atoms with Crippen molar-refractivity contribution in [2.75, 3.05) is 0 Å². The maximum absolute atomic E-state index is 5.29. The number of fused-ring (bicyclic) bond motifs is 8. The zero-order valence-electron chi connectivity index (χ0n) is 22.3. The number of para-hydroxylation sites is 4. The Morgan fingerprint density at radius 2 is 1.23 bits per heavy atom. The lowest BCUT2D eigenvalue weighted by molar-refractivity contribution is 0.979. The van der Waals surface area contributed by atoms with Crippen LogP contribution in [0.3, 0.4) is 0 Å². The summed E-state index contributed by atoms with van der Waals surface area (Å²) in [5.74, 6) is 0.838. The molecular formula is C36H26N4. The summed E-state index contributed by atoms with van der Waals surface area (Å²) in [7, 11) is 0. The van der Waals surface area contributed by atoms with E-state index >= 15 is 0 Å². The number of hydrogen-bond donors (Lipinski definition) is 0. The van der Waals surface area contributed by atoms with Gasteiger partial charge in [0.15, 0.2) is 0 Å². The Labute approximate surface area is 231 Å². The van der Waals surface area contributed by atoms with Gasteiger partial charge in [-0.1, -0.05) is 90.5 Å². The van der Waals surface area contributed by atoms with E-state index in [1.165, 1.54) is 33.0 Å². The van der Waals surface area contributed by atoms with Gasteiger partial charge in [-0.05, 0) is 66.9 Å². The molecule has 0 aliphatic heterocycles. The maximum Gasteiger partial charge on any atom is 0.221 e. The summed E-state index contributed by atoms with van der Waals surface area (Å²) in [5, 5.41) is 3.45. The summed E-state index contributed by atoms with van der Waals surface area (Å²) in [5.41, 5.74) is 11.0. The predicted octanol–water partition coefficient (Wildman–Crippen LogP) is 9.22. The van der Waals surface area contributed by atoms with Gasteiger partial charge in [0.1, 0.15) is 5.65 Å². The Morgan fingerprint density at radius 3 is 2.02 bits per heavy atom. The Balaban J connectivity index is 1.47. The summed E-state index contributed by atoms with van der Waals surface area (Å²) < 4.78 is 4.52. The van der Waals surface area contributed by atoms with Crippen molar-refractivity contribution in [1.29, 1.82) is 0 Å². The van der Waals surface area contributed by atoms with Gasteiger partial charge in [0.25, 0.3) is 0 Å². The molecular weight excluding hydrogens is 488 g/mol. The van der Waals surface area contributed by atoms with Crippen molar-refractivity contribution in [2.24, 2.45) is 0 Å². The molecule has 0 N–H and O–H groups in total. The molecule has 4 nitrogen and oxygen atoms in total. The maximum atomic E-state index is 5.29. The van der Waals surface area contributed by atoms with Gasteiger partial charge in [-0.15, -0.1) is 0 Å². The standard InChI is InChI=1S/C36H26N4/c1-23(2)21-24-15-17-25(18-16-24)26-19-20-28-27-9-4-7-13-32(27)39(34(28)22-26)36-38-30-11-5-3-10-29(30)35-37-31-12-6-8-14-33(31)40(35)36/h3-22H,1-2H3. The molecule has 0 atom stereocenters. The first-order valence-corrected chi connectivity index (χ1v) is 13.6. The van der Waals surface area contributed by atoms with Crippen LogP contribution in [0.5, 0.6) is 0 Å². The molecule has 0 aliphatic rings. The topological polar surface area (TPSA) is 35.1 Å². The highest BCUT2D eigenvalue weighted by molar-refractivity contribution is 6.10. The van der Waals surface area contributed by atoms with Gasteiger partial charge in [-0.3, -0.25) is 8.97 Å². The lowest BCUT2D eigenvalue weighted by Crippen LogP contribution is -2.06. The fourth-order valence-corrected chi connectivity index (χ4v) is 5.95. The van der Waals surface area contributed by atoms with Gasteiger partial charge in [-0.2, -0.15) is 0 Å². The van der Waals surface area contributed by atoms with Crippen molar-refractivity contribution in [3.63, 3.8) is 0 Å². The highest BCUT2D eigenvalue weighted by Gasteiger charge is 2.20. The highest BCUT2D eigenvalue weighted by atomic mass is 15.2. The largest absolute Gasteiger partial charge is 0.279 e. The third-order valence-corrected chi connectivity index (χ3v) is 7.70. The molecule has 3 aromatic heterocycles. The van der Waals surface area contributed by atoms with E-state index in [2.05, 4.69) is 132 Å². The molecule has 5 aromatic carbocycles. The number of allylic oxidation sites excluding steroid dienone is 1. The highest BCUT2D eigenvalue weighted by Crippen LogP contribution is 2.36. The van der Waals surface area contributed by atoms with E-state index in [9.17, 15) is 0 Å². The van der Waals surface area contributed by atoms with E-state index in [0.717, 1.165) is 44.6 Å². The van der Waals surface area contributed by atoms with Crippen LogP contribution in [-0.4, -0.2) is 18.9 Å². The lowest BCUT2D eigenvalue weighted by Gasteiger charge is -2.13. The number of nitrogens with zero attached hydrogens (tertiary/aromatic N) is 4. The fourth-order valence-electron chi connectivity index (χ4n) is 5.95. The van der Waals surface area contributed by atoms with Gasteiger partial charge in [0, 0.05) is 16.2 Å². The number of imidazole rings is 1. The van der Waals surface area contributed by atoms with Crippen LogP contribution in [-0.2, 0) is 0 Å². The number of hydrogen-bond acceptors (Lipinski definition) is 2. The Kier molecular flexibility index (Phi) is 4.92. The second-order valence-corrected chi connectivity index (χ2v) is 10.6. The average molecular weight is 515 g/mol. The van der Waals surface area contributed by atoms with E-state index in [1.54, 1.807) is 0 Å². The van der Waals surface area contributed by atoms with Gasteiger partial charge in [0.2, 0.25) is 5.95 Å². The Bertz CT molecular complexity index is 2280.